The van der Waals surface area contributed by atoms with Gasteiger partial charge >= 0.3 is 9.03 Å². The van der Waals surface area contributed by atoms with Crippen LogP contribution in [0.1, 0.15) is 46.0 Å². The van der Waals surface area contributed by atoms with Crippen LogP contribution in [0.25, 0.3) is 0 Å². The second kappa shape index (κ2) is 7.03. The summed E-state index contributed by atoms with van der Waals surface area (Å²) in [5.41, 5.74) is 0.128. The highest BCUT2D eigenvalue weighted by Gasteiger charge is 2.16. The van der Waals surface area contributed by atoms with Crippen molar-refractivity contribution in [1.29, 1.82) is 0 Å². The van der Waals surface area contributed by atoms with Gasteiger partial charge in [-0.2, -0.15) is 0 Å². The first-order valence-electron chi connectivity index (χ1n) is 5.78. The summed E-state index contributed by atoms with van der Waals surface area (Å²) in [6, 6.07) is 0. The molecule has 0 aromatic rings. The number of hydrogen-bond acceptors (Lipinski definition) is 3. The lowest BCUT2D eigenvalue weighted by atomic mass is 9.95. The summed E-state index contributed by atoms with van der Waals surface area (Å²) in [5.74, 6) is 0.464. The Balaban J connectivity index is 0.000000165. The van der Waals surface area contributed by atoms with Crippen LogP contribution in [0.4, 0.5) is 0 Å². The fourth-order valence-corrected chi connectivity index (χ4v) is 2.01. The highest BCUT2D eigenvalue weighted by molar-refractivity contribution is 7.26. The topological polar surface area (TPSA) is 35.5 Å². The summed E-state index contributed by atoms with van der Waals surface area (Å²) in [7, 11) is 0.603. The Bertz CT molecular complexity index is 241. The Morgan fingerprint density at radius 2 is 1.94 bits per heavy atom. The molecule has 1 fully saturated rings. The molecule has 4 heteroatoms. The van der Waals surface area contributed by atoms with Crippen LogP contribution in [-0.2, 0) is 13.8 Å². The molecule has 16 heavy (non-hydrogen) atoms. The highest BCUT2D eigenvalue weighted by atomic mass is 31.1. The monoisotopic (exact) mass is 243 g/mol. The van der Waals surface area contributed by atoms with Gasteiger partial charge in [0.25, 0.3) is 0 Å². The van der Waals surface area contributed by atoms with E-state index in [2.05, 4.69) is 13.8 Å². The molecule has 0 saturated heterocycles. The number of hydrogen-bond donors (Lipinski definition) is 0. The van der Waals surface area contributed by atoms with E-state index >= 15 is 0 Å². The second-order valence-corrected chi connectivity index (χ2v) is 5.46. The van der Waals surface area contributed by atoms with E-state index in [0.29, 0.717) is 14.8 Å². The van der Waals surface area contributed by atoms with Gasteiger partial charge in [-0.3, -0.25) is 4.79 Å². The lowest BCUT2D eigenvalue weighted by molar-refractivity contribution is -0.120. The Morgan fingerprint density at radius 3 is 2.50 bits per heavy atom. The van der Waals surface area contributed by atoms with Crippen molar-refractivity contribution in [3.05, 3.63) is 12.3 Å². The molecule has 0 aromatic carbocycles. The lowest BCUT2D eigenvalue weighted by Crippen LogP contribution is -2.12. The van der Waals surface area contributed by atoms with Gasteiger partial charge in [-0.1, -0.05) is 20.3 Å². The SMILES string of the molecule is CC1(C)C=CO[P]OC1.O=C1CCCCC1. The first-order chi connectivity index (χ1) is 7.60. The smallest absolute Gasteiger partial charge is 0.329 e. The van der Waals surface area contributed by atoms with Crippen molar-refractivity contribution < 1.29 is 13.8 Å². The van der Waals surface area contributed by atoms with Crippen LogP contribution in [0.3, 0.4) is 0 Å². The van der Waals surface area contributed by atoms with Crippen molar-refractivity contribution in [2.45, 2.75) is 46.0 Å². The molecule has 0 amide bonds. The maximum Gasteiger partial charge on any atom is 0.329 e. The molecule has 2 aliphatic rings. The molecule has 0 unspecified atom stereocenters. The number of carbonyl (C=O) groups excluding carboxylic acids is 1. The van der Waals surface area contributed by atoms with Gasteiger partial charge in [-0.15, -0.1) is 0 Å². The normalized spacial score (nSPS) is 25.2. The number of carbonyl (C=O) groups is 1. The summed E-state index contributed by atoms with van der Waals surface area (Å²) in [6.07, 6.45) is 8.94. The molecule has 0 aromatic heterocycles. The maximum atomic E-state index is 10.5. The van der Waals surface area contributed by atoms with Crippen LogP contribution in [-0.4, -0.2) is 12.4 Å². The Kier molecular flexibility index (Phi) is 6.00. The quantitative estimate of drug-likeness (QED) is 0.606. The summed E-state index contributed by atoms with van der Waals surface area (Å²) in [5, 5.41) is 0. The van der Waals surface area contributed by atoms with E-state index in [9.17, 15) is 4.79 Å². The van der Waals surface area contributed by atoms with Crippen molar-refractivity contribution in [3.63, 3.8) is 0 Å². The third-order valence-electron chi connectivity index (χ3n) is 2.52. The van der Waals surface area contributed by atoms with E-state index in [-0.39, 0.29) is 5.41 Å². The first-order valence-corrected chi connectivity index (χ1v) is 6.51. The van der Waals surface area contributed by atoms with E-state index in [1.165, 1.54) is 6.42 Å². The van der Waals surface area contributed by atoms with E-state index in [1.54, 1.807) is 6.26 Å². The minimum atomic E-state index is 0.128. The van der Waals surface area contributed by atoms with Crippen LogP contribution in [0.15, 0.2) is 12.3 Å². The van der Waals surface area contributed by atoms with Gasteiger partial charge in [-0.25, -0.2) is 0 Å². The molecule has 91 valence electrons. The molecule has 0 bridgehead atoms. The number of ketones is 1. The van der Waals surface area contributed by atoms with Crippen LogP contribution >= 0.6 is 9.03 Å². The minimum absolute atomic E-state index is 0.128. The largest absolute Gasteiger partial charge is 0.449 e. The summed E-state index contributed by atoms with van der Waals surface area (Å²) in [6.45, 7) is 4.94. The third-order valence-corrected chi connectivity index (χ3v) is 2.97. The third kappa shape index (κ3) is 6.24. The van der Waals surface area contributed by atoms with Crippen LogP contribution < -0.4 is 0 Å². The fraction of sp³-hybridized carbons (Fsp3) is 0.750. The van der Waals surface area contributed by atoms with E-state index in [1.807, 2.05) is 6.08 Å². The number of Topliss-reactive ketones (excluding diaryl/α,β-unsaturated/α-hetero) is 1. The minimum Gasteiger partial charge on any atom is -0.449 e. The predicted molar refractivity (Wildman–Crippen MR) is 65.0 cm³/mol. The van der Waals surface area contributed by atoms with E-state index < -0.39 is 0 Å². The van der Waals surface area contributed by atoms with Gasteiger partial charge in [0, 0.05) is 18.3 Å². The predicted octanol–water partition coefficient (Wildman–Crippen LogP) is 3.87. The van der Waals surface area contributed by atoms with E-state index in [4.69, 9.17) is 9.05 Å². The summed E-state index contributed by atoms with van der Waals surface area (Å²) in [4.78, 5) is 10.5. The highest BCUT2D eigenvalue weighted by Crippen LogP contribution is 2.27. The second-order valence-electron chi connectivity index (χ2n) is 4.84. The van der Waals surface area contributed by atoms with Gasteiger partial charge in [0.2, 0.25) is 0 Å². The molecule has 3 nitrogen and oxygen atoms in total. The van der Waals surface area contributed by atoms with Crippen molar-refractivity contribution in [1.82, 2.24) is 0 Å². The van der Waals surface area contributed by atoms with Gasteiger partial charge in [0.1, 0.15) is 5.78 Å². The molecule has 0 N–H and O–H groups in total. The zero-order valence-electron chi connectivity index (χ0n) is 10.1. The molecule has 0 spiro atoms. The molecule has 1 aliphatic heterocycles. The van der Waals surface area contributed by atoms with Gasteiger partial charge < -0.3 is 9.05 Å². The van der Waals surface area contributed by atoms with Crippen molar-refractivity contribution in [2.75, 3.05) is 6.61 Å². The Morgan fingerprint density at radius 1 is 1.25 bits per heavy atom. The average Bonchev–Trinajstić information content (AvgIpc) is 2.44. The average molecular weight is 243 g/mol. The van der Waals surface area contributed by atoms with E-state index in [0.717, 1.165) is 32.3 Å². The zero-order valence-corrected chi connectivity index (χ0v) is 11.0. The van der Waals surface area contributed by atoms with Crippen LogP contribution in [0, 0.1) is 5.41 Å². The van der Waals surface area contributed by atoms with Gasteiger partial charge in [0.15, 0.2) is 0 Å². The maximum absolute atomic E-state index is 10.5. The molecule has 1 aliphatic carbocycles. The lowest BCUT2D eigenvalue weighted by Gasteiger charge is -2.14. The van der Waals surface area contributed by atoms with Crippen molar-refractivity contribution >= 4 is 14.8 Å². The molecular weight excluding hydrogens is 223 g/mol. The Labute approximate surface area is 99.5 Å². The van der Waals surface area contributed by atoms with Gasteiger partial charge in [0.05, 0.1) is 12.9 Å². The van der Waals surface area contributed by atoms with Crippen LogP contribution in [0.5, 0.6) is 0 Å². The van der Waals surface area contributed by atoms with Crippen LogP contribution in [0.2, 0.25) is 0 Å². The molecule has 2 rings (SSSR count). The van der Waals surface area contributed by atoms with Crippen molar-refractivity contribution in [2.24, 2.45) is 5.41 Å². The van der Waals surface area contributed by atoms with Crippen molar-refractivity contribution in [3.8, 4) is 0 Å². The summed E-state index contributed by atoms with van der Waals surface area (Å²) >= 11 is 0. The fourth-order valence-electron chi connectivity index (χ4n) is 1.46. The first kappa shape index (κ1) is 13.7. The molecular formula is C12H20O3P. The molecule has 1 heterocycles. The molecule has 1 radical (unpaired) electrons. The number of rotatable bonds is 0. The molecule has 1 saturated carbocycles. The standard InChI is InChI=1S/C6H10O2P.C6H10O/c1-6(2)3-4-7-9-8-5-6;7-6-4-2-1-3-5-6/h3-4H,5H2,1-2H3;1-5H2. The zero-order chi connectivity index (χ0) is 11.9. The Hall–Kier alpha value is -0.400. The molecule has 0 atom stereocenters. The van der Waals surface area contributed by atoms with Gasteiger partial charge in [-0.05, 0) is 18.9 Å². The summed E-state index contributed by atoms with van der Waals surface area (Å²) < 4.78 is 10.00.